The summed E-state index contributed by atoms with van der Waals surface area (Å²) in [4.78, 5) is 0. The molecule has 1 aromatic rings. The van der Waals surface area contributed by atoms with Gasteiger partial charge in [0, 0.05) is 17.5 Å². The molecule has 0 saturated heterocycles. The number of aromatic nitrogens is 1. The van der Waals surface area contributed by atoms with E-state index in [-0.39, 0.29) is 5.54 Å². The maximum Gasteiger partial charge on any atom is 0.133 e. The van der Waals surface area contributed by atoms with Crippen LogP contribution in [-0.4, -0.2) is 10.7 Å². The van der Waals surface area contributed by atoms with Crippen LogP contribution in [0.5, 0.6) is 0 Å². The normalized spacial score (nSPS) is 22.2. The largest absolute Gasteiger partial charge is 0.361 e. The van der Waals surface area contributed by atoms with Crippen LogP contribution in [0.3, 0.4) is 0 Å². The summed E-state index contributed by atoms with van der Waals surface area (Å²) < 4.78 is 5.00. The van der Waals surface area contributed by atoms with Crippen molar-refractivity contribution in [3.8, 4) is 0 Å². The van der Waals surface area contributed by atoms with Crippen molar-refractivity contribution in [2.45, 2.75) is 38.1 Å². The molecule has 0 spiro atoms. The molecule has 1 unspecified atom stereocenters. The van der Waals surface area contributed by atoms with E-state index in [0.717, 1.165) is 24.3 Å². The molecular weight excluding hydrogens is 152 g/mol. The molecule has 0 amide bonds. The highest BCUT2D eigenvalue weighted by molar-refractivity contribution is 5.19. The molecule has 1 atom stereocenters. The number of aryl methyl sites for hydroxylation is 1. The molecule has 1 aliphatic rings. The second-order valence-electron chi connectivity index (χ2n) is 3.82. The van der Waals surface area contributed by atoms with E-state index < -0.39 is 0 Å². The fourth-order valence-corrected chi connectivity index (χ4v) is 1.46. The first-order valence-electron chi connectivity index (χ1n) is 4.34. The minimum atomic E-state index is 0.00329. The third-order valence-electron chi connectivity index (χ3n) is 2.78. The number of hydrogen-bond donors (Lipinski definition) is 1. The molecule has 12 heavy (non-hydrogen) atoms. The summed E-state index contributed by atoms with van der Waals surface area (Å²) >= 11 is 0. The Kier molecular flexibility index (Phi) is 1.51. The lowest BCUT2D eigenvalue weighted by atomic mass is 9.97. The molecule has 0 radical (unpaired) electrons. The minimum absolute atomic E-state index is 0.00329. The fourth-order valence-electron chi connectivity index (χ4n) is 1.46. The van der Waals surface area contributed by atoms with Crippen molar-refractivity contribution in [1.82, 2.24) is 5.16 Å². The van der Waals surface area contributed by atoms with Gasteiger partial charge < -0.3 is 10.3 Å². The predicted molar refractivity (Wildman–Crippen MR) is 45.8 cm³/mol. The summed E-state index contributed by atoms with van der Waals surface area (Å²) in [5.41, 5.74) is 7.05. The number of nitrogens with zero attached hydrogens (tertiary/aromatic N) is 1. The number of hydrogen-bond acceptors (Lipinski definition) is 3. The fraction of sp³-hybridized carbons (Fsp3) is 0.667. The van der Waals surface area contributed by atoms with Crippen LogP contribution >= 0.6 is 0 Å². The maximum absolute atomic E-state index is 6.05. The van der Waals surface area contributed by atoms with Crippen LogP contribution in [0.1, 0.15) is 37.1 Å². The Hall–Kier alpha value is -0.830. The molecule has 1 fully saturated rings. The van der Waals surface area contributed by atoms with Crippen molar-refractivity contribution >= 4 is 0 Å². The summed E-state index contributed by atoms with van der Waals surface area (Å²) in [6, 6.07) is 1.97. The first kappa shape index (κ1) is 7.80. The summed E-state index contributed by atoms with van der Waals surface area (Å²) in [5.74, 6) is 1.19. The van der Waals surface area contributed by atoms with Gasteiger partial charge in [0.05, 0.1) is 5.69 Å². The van der Waals surface area contributed by atoms with Crippen molar-refractivity contribution in [1.29, 1.82) is 0 Å². The van der Waals surface area contributed by atoms with Gasteiger partial charge in [-0.25, -0.2) is 0 Å². The van der Waals surface area contributed by atoms with Gasteiger partial charge in [0.15, 0.2) is 0 Å². The lowest BCUT2D eigenvalue weighted by Gasteiger charge is -2.14. The second kappa shape index (κ2) is 2.33. The maximum atomic E-state index is 6.05. The summed E-state index contributed by atoms with van der Waals surface area (Å²) in [6.45, 7) is 4.02. The lowest BCUT2D eigenvalue weighted by Crippen LogP contribution is -2.28. The Balaban J connectivity index is 2.19. The monoisotopic (exact) mass is 166 g/mol. The Labute approximate surface area is 71.9 Å². The highest BCUT2D eigenvalue weighted by atomic mass is 16.5. The zero-order chi connectivity index (χ0) is 8.77. The average Bonchev–Trinajstić information content (AvgIpc) is 2.62. The summed E-state index contributed by atoms with van der Waals surface area (Å²) in [5, 5.41) is 3.97. The molecule has 2 N–H and O–H groups in total. The Morgan fingerprint density at radius 3 is 2.75 bits per heavy atom. The zero-order valence-electron chi connectivity index (χ0n) is 7.50. The number of nitrogens with two attached hydrogens (primary N) is 1. The highest BCUT2D eigenvalue weighted by Gasteiger charge is 2.45. The number of rotatable bonds is 2. The van der Waals surface area contributed by atoms with Crippen molar-refractivity contribution in [2.75, 3.05) is 0 Å². The lowest BCUT2D eigenvalue weighted by molar-refractivity contribution is 0.380. The molecule has 0 aliphatic heterocycles. The zero-order valence-corrected chi connectivity index (χ0v) is 7.50. The molecule has 1 aromatic heterocycles. The van der Waals surface area contributed by atoms with E-state index in [1.54, 1.807) is 0 Å². The van der Waals surface area contributed by atoms with Gasteiger partial charge in [-0.1, -0.05) is 12.1 Å². The van der Waals surface area contributed by atoms with Crippen LogP contribution < -0.4 is 5.73 Å². The van der Waals surface area contributed by atoms with E-state index in [1.807, 2.05) is 13.0 Å². The van der Waals surface area contributed by atoms with Crippen molar-refractivity contribution in [3.63, 3.8) is 0 Å². The minimum Gasteiger partial charge on any atom is -0.361 e. The second-order valence-corrected chi connectivity index (χ2v) is 3.82. The molecule has 1 aliphatic carbocycles. The topological polar surface area (TPSA) is 52.0 Å². The van der Waals surface area contributed by atoms with Crippen LogP contribution in [-0.2, 0) is 0 Å². The Morgan fingerprint density at radius 2 is 2.33 bits per heavy atom. The molecular formula is C9H14N2O. The Bertz CT molecular complexity index is 288. The van der Waals surface area contributed by atoms with E-state index >= 15 is 0 Å². The van der Waals surface area contributed by atoms with Gasteiger partial charge >= 0.3 is 0 Å². The molecule has 0 aromatic carbocycles. The van der Waals surface area contributed by atoms with E-state index in [1.165, 1.54) is 0 Å². The van der Waals surface area contributed by atoms with Gasteiger partial charge in [-0.15, -0.1) is 0 Å². The van der Waals surface area contributed by atoms with Crippen LogP contribution in [0, 0.1) is 6.92 Å². The summed E-state index contributed by atoms with van der Waals surface area (Å²) in [6.07, 6.45) is 2.22. The SMILES string of the molecule is Cc1cc(C(C)C2(N)CC2)no1. The van der Waals surface area contributed by atoms with Crippen molar-refractivity contribution < 1.29 is 4.52 Å². The summed E-state index contributed by atoms with van der Waals surface area (Å²) in [7, 11) is 0. The molecule has 66 valence electrons. The first-order chi connectivity index (χ1) is 5.62. The van der Waals surface area contributed by atoms with Gasteiger partial charge in [0.25, 0.3) is 0 Å². The van der Waals surface area contributed by atoms with E-state index in [4.69, 9.17) is 10.3 Å². The van der Waals surface area contributed by atoms with Crippen LogP contribution in [0.2, 0.25) is 0 Å². The van der Waals surface area contributed by atoms with Crippen LogP contribution in [0.15, 0.2) is 10.6 Å². The molecule has 1 saturated carbocycles. The standard InChI is InChI=1S/C9H14N2O/c1-6-5-8(11-12-6)7(2)9(10)3-4-9/h5,7H,3-4,10H2,1-2H3. The van der Waals surface area contributed by atoms with Gasteiger partial charge in [0.1, 0.15) is 5.76 Å². The van der Waals surface area contributed by atoms with Crippen molar-refractivity contribution in [3.05, 3.63) is 17.5 Å². The quantitative estimate of drug-likeness (QED) is 0.725. The molecule has 3 nitrogen and oxygen atoms in total. The van der Waals surface area contributed by atoms with E-state index in [2.05, 4.69) is 12.1 Å². The highest BCUT2D eigenvalue weighted by Crippen LogP contribution is 2.44. The van der Waals surface area contributed by atoms with Crippen LogP contribution in [0.25, 0.3) is 0 Å². The third-order valence-corrected chi connectivity index (χ3v) is 2.78. The van der Waals surface area contributed by atoms with Gasteiger partial charge in [0.2, 0.25) is 0 Å². The van der Waals surface area contributed by atoms with E-state index in [9.17, 15) is 0 Å². The van der Waals surface area contributed by atoms with Gasteiger partial charge in [-0.05, 0) is 19.8 Å². The molecule has 1 heterocycles. The third kappa shape index (κ3) is 1.14. The molecule has 3 heteroatoms. The molecule has 2 rings (SSSR count). The van der Waals surface area contributed by atoms with Gasteiger partial charge in [-0.2, -0.15) is 0 Å². The predicted octanol–water partition coefficient (Wildman–Crippen LogP) is 1.58. The molecule has 0 bridgehead atoms. The van der Waals surface area contributed by atoms with Crippen LogP contribution in [0.4, 0.5) is 0 Å². The smallest absolute Gasteiger partial charge is 0.133 e. The van der Waals surface area contributed by atoms with Gasteiger partial charge in [-0.3, -0.25) is 0 Å². The Morgan fingerprint density at radius 1 is 1.67 bits per heavy atom. The first-order valence-corrected chi connectivity index (χ1v) is 4.34. The van der Waals surface area contributed by atoms with E-state index in [0.29, 0.717) is 5.92 Å². The average molecular weight is 166 g/mol. The van der Waals surface area contributed by atoms with Crippen molar-refractivity contribution in [2.24, 2.45) is 5.73 Å².